The Morgan fingerprint density at radius 1 is 1.07 bits per heavy atom. The maximum atomic E-state index is 13.1. The van der Waals surface area contributed by atoms with Gasteiger partial charge in [0.1, 0.15) is 5.57 Å². The minimum absolute atomic E-state index is 0.0666. The third-order valence-electron chi connectivity index (χ3n) is 4.69. The van der Waals surface area contributed by atoms with Crippen LogP contribution in [0, 0.1) is 13.8 Å². The van der Waals surface area contributed by atoms with E-state index in [0.717, 1.165) is 26.9 Å². The lowest BCUT2D eigenvalue weighted by Gasteiger charge is -2.22. The van der Waals surface area contributed by atoms with Gasteiger partial charge in [0.25, 0.3) is 0 Å². The fraction of sp³-hybridized carbons (Fsp3) is 0.182. The normalized spacial score (nSPS) is 15.7. The molecule has 5 heteroatoms. The quantitative estimate of drug-likeness (QED) is 0.396. The van der Waals surface area contributed by atoms with Crippen molar-refractivity contribution in [2.45, 2.75) is 20.8 Å². The van der Waals surface area contributed by atoms with E-state index in [0.29, 0.717) is 11.4 Å². The highest BCUT2D eigenvalue weighted by atomic mass is 79.9. The molecule has 0 N–H and O–H groups in total. The maximum Gasteiger partial charge on any atom is 0.343 e. The summed E-state index contributed by atoms with van der Waals surface area (Å²) in [5.74, 6) is -0.957. The van der Waals surface area contributed by atoms with Gasteiger partial charge < -0.3 is 9.64 Å². The first kappa shape index (κ1) is 19.1. The largest absolute Gasteiger partial charge is 0.465 e. The first-order valence-electron chi connectivity index (χ1n) is 8.52. The molecule has 1 heterocycles. The van der Waals surface area contributed by atoms with Crippen molar-refractivity contribution in [3.8, 4) is 0 Å². The monoisotopic (exact) mass is 425 g/mol. The molecule has 1 aliphatic rings. The highest BCUT2D eigenvalue weighted by Gasteiger charge is 2.38. The van der Waals surface area contributed by atoms with Crippen LogP contribution in [-0.4, -0.2) is 18.9 Å². The zero-order chi connectivity index (χ0) is 19.7. The molecule has 0 aromatic heterocycles. The van der Waals surface area contributed by atoms with Crippen molar-refractivity contribution < 1.29 is 14.3 Å². The standard InChI is InChI=1S/C22H20BrNO3/c1-13-8-9-18(10-14(13)2)24-15(3)20(22(26)27-4)21(25)19(24)12-16-6-5-7-17(23)11-16/h5-12H,1-4H3/b19-12+. The molecule has 1 aliphatic heterocycles. The number of Topliss-reactive ketones (excluding diaryl/α,β-unsaturated/α-hetero) is 1. The fourth-order valence-corrected chi connectivity index (χ4v) is 3.53. The SMILES string of the molecule is COC(=O)C1=C(C)N(c2ccc(C)c(C)c2)/C(=C/c2cccc(Br)c2)C1=O. The minimum atomic E-state index is -0.621. The molecule has 0 atom stereocenters. The third-order valence-corrected chi connectivity index (χ3v) is 5.18. The topological polar surface area (TPSA) is 46.6 Å². The first-order chi connectivity index (χ1) is 12.8. The van der Waals surface area contributed by atoms with E-state index in [9.17, 15) is 9.59 Å². The zero-order valence-corrected chi connectivity index (χ0v) is 17.3. The minimum Gasteiger partial charge on any atom is -0.465 e. The summed E-state index contributed by atoms with van der Waals surface area (Å²) >= 11 is 3.45. The van der Waals surface area contributed by atoms with E-state index in [1.807, 2.05) is 61.2 Å². The number of hydrogen-bond acceptors (Lipinski definition) is 4. The van der Waals surface area contributed by atoms with Crippen LogP contribution in [-0.2, 0) is 14.3 Å². The molecule has 3 rings (SSSR count). The van der Waals surface area contributed by atoms with Gasteiger partial charge in [-0.3, -0.25) is 4.79 Å². The number of nitrogens with zero attached hydrogens (tertiary/aromatic N) is 1. The van der Waals surface area contributed by atoms with Crippen LogP contribution in [0.3, 0.4) is 0 Å². The second-order valence-electron chi connectivity index (χ2n) is 6.47. The number of carbonyl (C=O) groups is 2. The van der Waals surface area contributed by atoms with E-state index >= 15 is 0 Å². The zero-order valence-electron chi connectivity index (χ0n) is 15.7. The Morgan fingerprint density at radius 3 is 2.44 bits per heavy atom. The van der Waals surface area contributed by atoms with E-state index < -0.39 is 5.97 Å². The Bertz CT molecular complexity index is 1000. The van der Waals surface area contributed by atoms with Crippen LogP contribution < -0.4 is 4.90 Å². The van der Waals surface area contributed by atoms with Gasteiger partial charge in [-0.15, -0.1) is 0 Å². The predicted molar refractivity (Wildman–Crippen MR) is 110 cm³/mol. The molecule has 0 saturated carbocycles. The number of ether oxygens (including phenoxy) is 1. The summed E-state index contributed by atoms with van der Waals surface area (Å²) in [5.41, 5.74) is 5.03. The Morgan fingerprint density at radius 2 is 1.81 bits per heavy atom. The number of aryl methyl sites for hydroxylation is 2. The van der Waals surface area contributed by atoms with Crippen molar-refractivity contribution in [3.63, 3.8) is 0 Å². The van der Waals surface area contributed by atoms with Gasteiger partial charge >= 0.3 is 5.97 Å². The van der Waals surface area contributed by atoms with Crippen LogP contribution in [0.15, 0.2) is 63.9 Å². The van der Waals surface area contributed by atoms with Crippen molar-refractivity contribution in [1.29, 1.82) is 0 Å². The van der Waals surface area contributed by atoms with E-state index in [-0.39, 0.29) is 11.4 Å². The van der Waals surface area contributed by atoms with Crippen LogP contribution in [0.5, 0.6) is 0 Å². The highest BCUT2D eigenvalue weighted by molar-refractivity contribution is 9.10. The molecule has 0 amide bonds. The number of carbonyl (C=O) groups excluding carboxylic acids is 2. The number of allylic oxidation sites excluding steroid dienone is 2. The lowest BCUT2D eigenvalue weighted by atomic mass is 10.1. The molecule has 2 aromatic carbocycles. The Hall–Kier alpha value is -2.66. The fourth-order valence-electron chi connectivity index (χ4n) is 3.11. The van der Waals surface area contributed by atoms with E-state index in [2.05, 4.69) is 15.9 Å². The van der Waals surface area contributed by atoms with Crippen molar-refractivity contribution in [3.05, 3.63) is 80.6 Å². The average Bonchev–Trinajstić information content (AvgIpc) is 2.87. The molecule has 27 heavy (non-hydrogen) atoms. The van der Waals surface area contributed by atoms with Crippen LogP contribution >= 0.6 is 15.9 Å². The van der Waals surface area contributed by atoms with Crippen molar-refractivity contribution in [1.82, 2.24) is 0 Å². The molecule has 0 spiro atoms. The Balaban J connectivity index is 2.19. The number of ketones is 1. The van der Waals surface area contributed by atoms with Crippen molar-refractivity contribution >= 4 is 39.4 Å². The van der Waals surface area contributed by atoms with Gasteiger partial charge in [-0.2, -0.15) is 0 Å². The van der Waals surface area contributed by atoms with Gasteiger partial charge in [-0.1, -0.05) is 34.1 Å². The summed E-state index contributed by atoms with van der Waals surface area (Å²) in [7, 11) is 1.28. The molecular weight excluding hydrogens is 406 g/mol. The van der Waals surface area contributed by atoms with Gasteiger partial charge in [0.2, 0.25) is 5.78 Å². The summed E-state index contributed by atoms with van der Waals surface area (Å²) in [6.07, 6.45) is 1.79. The second-order valence-corrected chi connectivity index (χ2v) is 7.39. The van der Waals surface area contributed by atoms with E-state index in [1.54, 1.807) is 13.0 Å². The number of halogens is 1. The summed E-state index contributed by atoms with van der Waals surface area (Å²) in [6, 6.07) is 13.6. The lowest BCUT2D eigenvalue weighted by molar-refractivity contribution is -0.137. The smallest absolute Gasteiger partial charge is 0.343 e. The molecule has 0 bridgehead atoms. The molecule has 0 aliphatic carbocycles. The van der Waals surface area contributed by atoms with Crippen LogP contribution in [0.4, 0.5) is 5.69 Å². The van der Waals surface area contributed by atoms with Crippen LogP contribution in [0.2, 0.25) is 0 Å². The highest BCUT2D eigenvalue weighted by Crippen LogP contribution is 2.36. The number of benzene rings is 2. The number of esters is 1. The number of hydrogen-bond donors (Lipinski definition) is 0. The molecule has 138 valence electrons. The second kappa shape index (κ2) is 7.53. The molecule has 4 nitrogen and oxygen atoms in total. The molecule has 0 radical (unpaired) electrons. The Labute approximate surface area is 167 Å². The number of anilines is 1. The summed E-state index contributed by atoms with van der Waals surface area (Å²) in [4.78, 5) is 27.1. The van der Waals surface area contributed by atoms with Gasteiger partial charge in [0, 0.05) is 15.9 Å². The Kier molecular flexibility index (Phi) is 5.33. The van der Waals surface area contributed by atoms with Crippen LogP contribution in [0.25, 0.3) is 6.08 Å². The van der Waals surface area contributed by atoms with Gasteiger partial charge in [0.15, 0.2) is 0 Å². The van der Waals surface area contributed by atoms with Gasteiger partial charge in [-0.05, 0) is 67.8 Å². The van der Waals surface area contributed by atoms with Crippen molar-refractivity contribution in [2.24, 2.45) is 0 Å². The van der Waals surface area contributed by atoms with Crippen LogP contribution in [0.1, 0.15) is 23.6 Å². The van der Waals surface area contributed by atoms with Gasteiger partial charge in [-0.25, -0.2) is 4.79 Å². The molecule has 0 saturated heterocycles. The first-order valence-corrected chi connectivity index (χ1v) is 9.31. The molecular formula is C22H20BrNO3. The van der Waals surface area contributed by atoms with E-state index in [1.165, 1.54) is 7.11 Å². The van der Waals surface area contributed by atoms with Gasteiger partial charge in [0.05, 0.1) is 12.8 Å². The molecule has 0 fully saturated rings. The summed E-state index contributed by atoms with van der Waals surface area (Å²) in [5, 5.41) is 0. The lowest BCUT2D eigenvalue weighted by Crippen LogP contribution is -2.18. The molecule has 0 unspecified atom stereocenters. The van der Waals surface area contributed by atoms with E-state index in [4.69, 9.17) is 4.74 Å². The third kappa shape index (κ3) is 3.60. The average molecular weight is 426 g/mol. The number of rotatable bonds is 3. The van der Waals surface area contributed by atoms with Crippen molar-refractivity contribution in [2.75, 3.05) is 12.0 Å². The number of methoxy groups -OCH3 is 1. The maximum absolute atomic E-state index is 13.1. The summed E-state index contributed by atoms with van der Waals surface area (Å²) < 4.78 is 5.76. The molecule has 2 aromatic rings. The summed E-state index contributed by atoms with van der Waals surface area (Å²) in [6.45, 7) is 5.82. The predicted octanol–water partition coefficient (Wildman–Crippen LogP) is 4.94.